The summed E-state index contributed by atoms with van der Waals surface area (Å²) in [5, 5.41) is 9.26. The van der Waals surface area contributed by atoms with Crippen molar-refractivity contribution in [2.75, 3.05) is 0 Å². The maximum absolute atomic E-state index is 11.3. The second-order valence-corrected chi connectivity index (χ2v) is 4.99. The number of carboxylic acids is 1. The van der Waals surface area contributed by atoms with Crippen molar-refractivity contribution in [3.8, 4) is 0 Å². The fourth-order valence-corrected chi connectivity index (χ4v) is 2.08. The Kier molecular flexibility index (Phi) is 3.47. The number of carboxylic acid groups (broad SMARTS) is 1. The molecule has 1 N–H and O–H groups in total. The van der Waals surface area contributed by atoms with E-state index in [1.807, 2.05) is 0 Å². The third kappa shape index (κ3) is 2.66. The SMILES string of the molecule is O=CN(C1CC1)C(C(=O)O)c1ccc(Br)cc1. The number of carbonyl (C=O) groups is 2. The maximum Gasteiger partial charge on any atom is 0.331 e. The highest BCUT2D eigenvalue weighted by atomic mass is 79.9. The number of rotatable bonds is 5. The molecule has 0 radical (unpaired) electrons. The number of hydrogen-bond acceptors (Lipinski definition) is 2. The van der Waals surface area contributed by atoms with E-state index in [2.05, 4.69) is 15.9 Å². The average Bonchev–Trinajstić information content (AvgIpc) is 3.11. The van der Waals surface area contributed by atoms with Crippen LogP contribution in [0.25, 0.3) is 0 Å². The van der Waals surface area contributed by atoms with Gasteiger partial charge in [0.05, 0.1) is 0 Å². The number of halogens is 1. The fraction of sp³-hybridized carbons (Fsp3) is 0.333. The zero-order chi connectivity index (χ0) is 12.4. The molecule has 4 nitrogen and oxygen atoms in total. The van der Waals surface area contributed by atoms with Crippen molar-refractivity contribution in [2.45, 2.75) is 24.9 Å². The monoisotopic (exact) mass is 297 g/mol. The van der Waals surface area contributed by atoms with Gasteiger partial charge in [0, 0.05) is 10.5 Å². The van der Waals surface area contributed by atoms with Gasteiger partial charge in [0.1, 0.15) is 0 Å². The van der Waals surface area contributed by atoms with Crippen LogP contribution in [-0.4, -0.2) is 28.4 Å². The van der Waals surface area contributed by atoms with Gasteiger partial charge in [-0.3, -0.25) is 4.79 Å². The maximum atomic E-state index is 11.3. The van der Waals surface area contributed by atoms with E-state index in [1.54, 1.807) is 24.3 Å². The Hall–Kier alpha value is -1.36. The lowest BCUT2D eigenvalue weighted by atomic mass is 10.1. The van der Waals surface area contributed by atoms with Crippen molar-refractivity contribution >= 4 is 28.3 Å². The molecule has 0 aliphatic heterocycles. The highest BCUT2D eigenvalue weighted by molar-refractivity contribution is 9.10. The first kappa shape index (κ1) is 12.1. The third-order valence-corrected chi connectivity index (χ3v) is 3.34. The van der Waals surface area contributed by atoms with Crippen LogP contribution >= 0.6 is 15.9 Å². The molecule has 90 valence electrons. The van der Waals surface area contributed by atoms with Gasteiger partial charge in [-0.15, -0.1) is 0 Å². The van der Waals surface area contributed by atoms with Crippen LogP contribution in [0, 0.1) is 0 Å². The number of amides is 1. The fourth-order valence-electron chi connectivity index (χ4n) is 1.82. The van der Waals surface area contributed by atoms with Gasteiger partial charge in [-0.25, -0.2) is 4.79 Å². The first-order chi connectivity index (χ1) is 8.13. The smallest absolute Gasteiger partial charge is 0.331 e. The van der Waals surface area contributed by atoms with E-state index in [4.69, 9.17) is 0 Å². The molecule has 1 saturated carbocycles. The van der Waals surface area contributed by atoms with E-state index in [-0.39, 0.29) is 6.04 Å². The summed E-state index contributed by atoms with van der Waals surface area (Å²) in [6.45, 7) is 0. The minimum absolute atomic E-state index is 0.0808. The number of aliphatic carboxylic acids is 1. The second kappa shape index (κ2) is 4.87. The first-order valence-corrected chi connectivity index (χ1v) is 6.14. The Morgan fingerprint density at radius 2 is 2.00 bits per heavy atom. The van der Waals surface area contributed by atoms with Gasteiger partial charge in [-0.05, 0) is 30.5 Å². The van der Waals surface area contributed by atoms with Gasteiger partial charge >= 0.3 is 5.97 Å². The lowest BCUT2D eigenvalue weighted by Crippen LogP contribution is -2.34. The zero-order valence-electron chi connectivity index (χ0n) is 9.04. The molecule has 17 heavy (non-hydrogen) atoms. The first-order valence-electron chi connectivity index (χ1n) is 5.34. The summed E-state index contributed by atoms with van der Waals surface area (Å²) in [5.41, 5.74) is 0.625. The highest BCUT2D eigenvalue weighted by Crippen LogP contribution is 2.33. The Morgan fingerprint density at radius 1 is 1.41 bits per heavy atom. The van der Waals surface area contributed by atoms with Crippen molar-refractivity contribution in [1.82, 2.24) is 4.90 Å². The summed E-state index contributed by atoms with van der Waals surface area (Å²) >= 11 is 3.30. The van der Waals surface area contributed by atoms with Crippen LogP contribution in [0.2, 0.25) is 0 Å². The average molecular weight is 298 g/mol. The molecule has 1 aliphatic rings. The van der Waals surface area contributed by atoms with Gasteiger partial charge < -0.3 is 10.0 Å². The van der Waals surface area contributed by atoms with Gasteiger partial charge in [-0.1, -0.05) is 28.1 Å². The van der Waals surface area contributed by atoms with Crippen LogP contribution in [0.1, 0.15) is 24.4 Å². The van der Waals surface area contributed by atoms with Crippen LogP contribution in [-0.2, 0) is 9.59 Å². The predicted octanol–water partition coefficient (Wildman–Crippen LogP) is 2.20. The summed E-state index contributed by atoms with van der Waals surface area (Å²) in [7, 11) is 0. The lowest BCUT2D eigenvalue weighted by molar-refractivity contribution is -0.147. The Morgan fingerprint density at radius 3 is 2.41 bits per heavy atom. The summed E-state index contributed by atoms with van der Waals surface area (Å²) in [6, 6.07) is 6.21. The van der Waals surface area contributed by atoms with E-state index >= 15 is 0 Å². The topological polar surface area (TPSA) is 57.6 Å². The minimum atomic E-state index is -0.994. The van der Waals surface area contributed by atoms with E-state index in [1.165, 1.54) is 4.90 Å². The normalized spacial score (nSPS) is 16.3. The second-order valence-electron chi connectivity index (χ2n) is 4.08. The molecule has 0 saturated heterocycles. The highest BCUT2D eigenvalue weighted by Gasteiger charge is 2.37. The van der Waals surface area contributed by atoms with Crippen LogP contribution in [0.4, 0.5) is 0 Å². The Labute approximate surface area is 107 Å². The minimum Gasteiger partial charge on any atom is -0.479 e. The molecule has 0 spiro atoms. The van der Waals surface area contributed by atoms with Crippen LogP contribution in [0.15, 0.2) is 28.7 Å². The number of hydrogen-bond donors (Lipinski definition) is 1. The molecule has 0 heterocycles. The van der Waals surface area contributed by atoms with E-state index in [0.29, 0.717) is 12.0 Å². The summed E-state index contributed by atoms with van der Waals surface area (Å²) in [5.74, 6) is -0.994. The molecule has 1 amide bonds. The zero-order valence-corrected chi connectivity index (χ0v) is 10.6. The van der Waals surface area contributed by atoms with Gasteiger partial charge in [0.15, 0.2) is 6.04 Å². The largest absolute Gasteiger partial charge is 0.479 e. The van der Waals surface area contributed by atoms with Crippen LogP contribution in [0.5, 0.6) is 0 Å². The molecular formula is C12H12BrNO3. The van der Waals surface area contributed by atoms with Crippen LogP contribution in [0.3, 0.4) is 0 Å². The van der Waals surface area contributed by atoms with E-state index in [0.717, 1.165) is 17.3 Å². The molecule has 2 rings (SSSR count). The van der Waals surface area contributed by atoms with Crippen molar-refractivity contribution in [1.29, 1.82) is 0 Å². The number of benzene rings is 1. The van der Waals surface area contributed by atoms with E-state index < -0.39 is 12.0 Å². The van der Waals surface area contributed by atoms with Crippen molar-refractivity contribution < 1.29 is 14.7 Å². The summed E-state index contributed by atoms with van der Waals surface area (Å²) in [6.07, 6.45) is 2.41. The third-order valence-electron chi connectivity index (χ3n) is 2.81. The quantitative estimate of drug-likeness (QED) is 0.848. The van der Waals surface area contributed by atoms with Crippen LogP contribution < -0.4 is 0 Å². The lowest BCUT2D eigenvalue weighted by Gasteiger charge is -2.25. The molecule has 0 aromatic heterocycles. The summed E-state index contributed by atoms with van der Waals surface area (Å²) in [4.78, 5) is 23.7. The van der Waals surface area contributed by atoms with Gasteiger partial charge in [-0.2, -0.15) is 0 Å². The standard InChI is InChI=1S/C12H12BrNO3/c13-9-3-1-8(2-4-9)11(12(16)17)14(7-15)10-5-6-10/h1-4,7,10-11H,5-6H2,(H,16,17). The Bertz CT molecular complexity index is 428. The van der Waals surface area contributed by atoms with Gasteiger partial charge in [0.2, 0.25) is 6.41 Å². The molecule has 1 atom stereocenters. The Balaban J connectivity index is 2.30. The predicted molar refractivity (Wildman–Crippen MR) is 65.4 cm³/mol. The molecule has 1 aromatic carbocycles. The van der Waals surface area contributed by atoms with E-state index in [9.17, 15) is 14.7 Å². The number of carbonyl (C=O) groups excluding carboxylic acids is 1. The molecule has 1 unspecified atom stereocenters. The van der Waals surface area contributed by atoms with Crippen molar-refractivity contribution in [3.05, 3.63) is 34.3 Å². The molecule has 1 aromatic rings. The van der Waals surface area contributed by atoms with Crippen molar-refractivity contribution in [3.63, 3.8) is 0 Å². The number of nitrogens with zero attached hydrogens (tertiary/aromatic N) is 1. The molecular weight excluding hydrogens is 286 g/mol. The molecule has 5 heteroatoms. The van der Waals surface area contributed by atoms with Gasteiger partial charge in [0.25, 0.3) is 0 Å². The summed E-state index contributed by atoms with van der Waals surface area (Å²) < 4.78 is 0.884. The molecule has 0 bridgehead atoms. The van der Waals surface area contributed by atoms with Crippen molar-refractivity contribution in [2.24, 2.45) is 0 Å². The molecule has 1 fully saturated rings. The molecule has 1 aliphatic carbocycles.